The van der Waals surface area contributed by atoms with Crippen molar-refractivity contribution in [1.29, 1.82) is 0 Å². The Morgan fingerprint density at radius 2 is 1.63 bits per heavy atom. The molecule has 1 aliphatic heterocycles. The molecule has 0 aliphatic carbocycles. The fourth-order valence-electron chi connectivity index (χ4n) is 4.15. The first-order chi connectivity index (χ1) is 16.7. The Balaban J connectivity index is 1.56. The van der Waals surface area contributed by atoms with E-state index in [0.29, 0.717) is 53.4 Å². The predicted octanol–water partition coefficient (Wildman–Crippen LogP) is 2.08. The van der Waals surface area contributed by atoms with Crippen molar-refractivity contribution >= 4 is 17.6 Å². The van der Waals surface area contributed by atoms with Crippen LogP contribution in [0.2, 0.25) is 0 Å². The van der Waals surface area contributed by atoms with Gasteiger partial charge in [0.25, 0.3) is 17.4 Å². The highest BCUT2D eigenvalue weighted by Gasteiger charge is 2.22. The van der Waals surface area contributed by atoms with Crippen LogP contribution < -0.4 is 10.9 Å². The third kappa shape index (κ3) is 4.88. The first kappa shape index (κ1) is 24.3. The summed E-state index contributed by atoms with van der Waals surface area (Å²) in [5.41, 5.74) is 3.44. The number of H-pyrrole nitrogens is 1. The summed E-state index contributed by atoms with van der Waals surface area (Å²) in [5.74, 6) is 0.286. The number of anilines is 1. The van der Waals surface area contributed by atoms with Crippen LogP contribution >= 0.6 is 0 Å². The maximum atomic E-state index is 13.1. The van der Waals surface area contributed by atoms with Crippen LogP contribution in [0.25, 0.3) is 5.95 Å². The molecule has 1 aromatic carbocycles. The number of piperazine rings is 1. The maximum Gasteiger partial charge on any atom is 0.256 e. The Hall–Kier alpha value is -3.79. The van der Waals surface area contributed by atoms with Crippen molar-refractivity contribution in [2.45, 2.75) is 34.1 Å². The second-order valence-electron chi connectivity index (χ2n) is 8.90. The number of aromatic amines is 1. The number of carbonyl (C=O) groups excluding carboxylic acids is 2. The molecule has 1 aliphatic rings. The average molecular weight is 478 g/mol. The summed E-state index contributed by atoms with van der Waals surface area (Å²) in [6, 6.07) is 6.64. The molecule has 3 aromatic rings. The summed E-state index contributed by atoms with van der Waals surface area (Å²) in [6.07, 6.45) is 0.572. The summed E-state index contributed by atoms with van der Waals surface area (Å²) in [7, 11) is 2.04. The molecule has 35 heavy (non-hydrogen) atoms. The highest BCUT2D eigenvalue weighted by Crippen LogP contribution is 2.22. The third-order valence-electron chi connectivity index (χ3n) is 6.54. The summed E-state index contributed by atoms with van der Waals surface area (Å²) < 4.78 is 1.45. The zero-order valence-electron chi connectivity index (χ0n) is 20.8. The van der Waals surface area contributed by atoms with Gasteiger partial charge in [-0.1, -0.05) is 6.92 Å². The van der Waals surface area contributed by atoms with Gasteiger partial charge < -0.3 is 15.1 Å². The normalized spacial score (nSPS) is 14.3. The molecule has 0 unspecified atom stereocenters. The van der Waals surface area contributed by atoms with Crippen LogP contribution in [0.4, 0.5) is 5.82 Å². The molecule has 2 amide bonds. The van der Waals surface area contributed by atoms with Crippen molar-refractivity contribution in [2.75, 3.05) is 38.5 Å². The van der Waals surface area contributed by atoms with E-state index in [1.807, 2.05) is 32.7 Å². The molecule has 2 N–H and O–H groups in total. The lowest BCUT2D eigenvalue weighted by Crippen LogP contribution is -2.47. The number of nitrogens with zero attached hydrogens (tertiary/aromatic N) is 5. The predicted molar refractivity (Wildman–Crippen MR) is 133 cm³/mol. The lowest BCUT2D eigenvalue weighted by Gasteiger charge is -2.32. The minimum absolute atomic E-state index is 0.0319. The fourth-order valence-corrected chi connectivity index (χ4v) is 4.15. The van der Waals surface area contributed by atoms with E-state index in [-0.39, 0.29) is 23.3 Å². The van der Waals surface area contributed by atoms with Gasteiger partial charge in [0, 0.05) is 54.1 Å². The Bertz CT molecular complexity index is 1320. The molecular formula is C25H31N7O3. The standard InChI is InChI=1S/C25H31N7O3/c1-6-20-17(4)26-25(28-23(20)34)32-21(15(2)16(3)29-32)27-22(33)18-7-9-19(10-8-18)24(35)31-13-11-30(5)12-14-31/h7-10H,6,11-14H2,1-5H3,(H,27,33)(H,26,28,34). The molecule has 2 aromatic heterocycles. The Morgan fingerprint density at radius 1 is 1.00 bits per heavy atom. The summed E-state index contributed by atoms with van der Waals surface area (Å²) in [5, 5.41) is 7.37. The van der Waals surface area contributed by atoms with E-state index in [4.69, 9.17) is 0 Å². The van der Waals surface area contributed by atoms with Crippen molar-refractivity contribution < 1.29 is 9.59 Å². The second-order valence-corrected chi connectivity index (χ2v) is 8.90. The van der Waals surface area contributed by atoms with Gasteiger partial charge in [0.2, 0.25) is 5.95 Å². The second kappa shape index (κ2) is 9.83. The Morgan fingerprint density at radius 3 is 2.23 bits per heavy atom. The average Bonchev–Trinajstić information content (AvgIpc) is 3.12. The van der Waals surface area contributed by atoms with Gasteiger partial charge >= 0.3 is 0 Å². The molecule has 0 saturated carbocycles. The molecule has 0 radical (unpaired) electrons. The monoisotopic (exact) mass is 477 g/mol. The van der Waals surface area contributed by atoms with Gasteiger partial charge in [-0.3, -0.25) is 19.4 Å². The summed E-state index contributed by atoms with van der Waals surface area (Å²) >= 11 is 0. The zero-order valence-corrected chi connectivity index (χ0v) is 20.8. The van der Waals surface area contributed by atoms with Crippen LogP contribution in [0.15, 0.2) is 29.1 Å². The highest BCUT2D eigenvalue weighted by atomic mass is 16.2. The van der Waals surface area contributed by atoms with Gasteiger partial charge in [-0.25, -0.2) is 4.98 Å². The van der Waals surface area contributed by atoms with E-state index in [2.05, 4.69) is 25.3 Å². The van der Waals surface area contributed by atoms with E-state index in [1.54, 1.807) is 31.2 Å². The first-order valence-electron chi connectivity index (χ1n) is 11.7. The van der Waals surface area contributed by atoms with Crippen molar-refractivity contribution in [3.8, 4) is 5.95 Å². The van der Waals surface area contributed by atoms with E-state index < -0.39 is 0 Å². The van der Waals surface area contributed by atoms with E-state index >= 15 is 0 Å². The Kier molecular flexibility index (Phi) is 6.83. The molecule has 1 saturated heterocycles. The molecule has 1 fully saturated rings. The quantitative estimate of drug-likeness (QED) is 0.581. The summed E-state index contributed by atoms with van der Waals surface area (Å²) in [6.45, 7) is 10.4. The van der Waals surface area contributed by atoms with Crippen LogP contribution in [0.3, 0.4) is 0 Å². The maximum absolute atomic E-state index is 13.1. The van der Waals surface area contributed by atoms with Gasteiger partial charge in [0.1, 0.15) is 5.82 Å². The van der Waals surface area contributed by atoms with Gasteiger partial charge in [0.05, 0.1) is 5.69 Å². The molecule has 0 bridgehead atoms. The van der Waals surface area contributed by atoms with Crippen LogP contribution in [0, 0.1) is 20.8 Å². The van der Waals surface area contributed by atoms with Gasteiger partial charge in [-0.2, -0.15) is 9.78 Å². The fraction of sp³-hybridized carbons (Fsp3) is 0.400. The SMILES string of the molecule is CCc1c(C)nc(-n2nc(C)c(C)c2NC(=O)c2ccc(C(=O)N3CCN(C)CC3)cc2)[nH]c1=O. The number of benzene rings is 1. The largest absolute Gasteiger partial charge is 0.336 e. The Labute approximate surface area is 204 Å². The topological polar surface area (TPSA) is 116 Å². The van der Waals surface area contributed by atoms with Crippen LogP contribution in [-0.4, -0.2) is 74.6 Å². The van der Waals surface area contributed by atoms with E-state index in [9.17, 15) is 14.4 Å². The van der Waals surface area contributed by atoms with Crippen LogP contribution in [0.1, 0.15) is 50.2 Å². The van der Waals surface area contributed by atoms with Crippen LogP contribution in [-0.2, 0) is 6.42 Å². The number of hydrogen-bond acceptors (Lipinski definition) is 6. The van der Waals surface area contributed by atoms with E-state index in [1.165, 1.54) is 4.68 Å². The smallest absolute Gasteiger partial charge is 0.256 e. The minimum Gasteiger partial charge on any atom is -0.336 e. The molecule has 184 valence electrons. The number of aryl methyl sites for hydroxylation is 2. The number of likely N-dealkylation sites (N-methyl/N-ethyl adjacent to an activating group) is 1. The lowest BCUT2D eigenvalue weighted by molar-refractivity contribution is 0.0664. The van der Waals surface area contributed by atoms with Gasteiger partial charge in [-0.15, -0.1) is 0 Å². The number of aromatic nitrogens is 4. The number of nitrogens with one attached hydrogen (secondary N) is 2. The number of carbonyl (C=O) groups is 2. The zero-order chi connectivity index (χ0) is 25.3. The lowest BCUT2D eigenvalue weighted by atomic mass is 10.1. The van der Waals surface area contributed by atoms with E-state index in [0.717, 1.165) is 18.7 Å². The van der Waals surface area contributed by atoms with Crippen molar-refractivity contribution in [1.82, 2.24) is 29.5 Å². The third-order valence-corrected chi connectivity index (χ3v) is 6.54. The summed E-state index contributed by atoms with van der Waals surface area (Å²) in [4.78, 5) is 49.6. The molecule has 3 heterocycles. The highest BCUT2D eigenvalue weighted by molar-refractivity contribution is 6.05. The number of hydrogen-bond donors (Lipinski definition) is 2. The van der Waals surface area contributed by atoms with Crippen molar-refractivity contribution in [3.05, 3.63) is 68.3 Å². The molecule has 4 rings (SSSR count). The minimum atomic E-state index is -0.350. The molecule has 10 heteroatoms. The number of amides is 2. The van der Waals surface area contributed by atoms with Crippen molar-refractivity contribution in [2.24, 2.45) is 0 Å². The first-order valence-corrected chi connectivity index (χ1v) is 11.7. The molecular weight excluding hydrogens is 446 g/mol. The van der Waals surface area contributed by atoms with Gasteiger partial charge in [-0.05, 0) is 58.5 Å². The molecule has 0 atom stereocenters. The molecule has 10 nitrogen and oxygen atoms in total. The van der Waals surface area contributed by atoms with Crippen LogP contribution in [0.5, 0.6) is 0 Å². The van der Waals surface area contributed by atoms with Gasteiger partial charge in [0.15, 0.2) is 0 Å². The number of rotatable bonds is 5. The van der Waals surface area contributed by atoms with Crippen molar-refractivity contribution in [3.63, 3.8) is 0 Å². The molecule has 0 spiro atoms.